The number of hydrogen-bond acceptors (Lipinski definition) is 2. The van der Waals surface area contributed by atoms with E-state index in [1.807, 2.05) is 11.0 Å². The molecule has 92 valence electrons. The monoisotopic (exact) mass is 249 g/mol. The van der Waals surface area contributed by atoms with Crippen molar-refractivity contribution in [3.05, 3.63) is 35.9 Å². The highest BCUT2D eigenvalue weighted by atomic mass is 32.2. The van der Waals surface area contributed by atoms with Crippen molar-refractivity contribution < 1.29 is 4.79 Å². The number of rotatable bonds is 4. The first kappa shape index (κ1) is 12.5. The first-order chi connectivity index (χ1) is 8.24. The van der Waals surface area contributed by atoms with Crippen molar-refractivity contribution >= 4 is 17.7 Å². The summed E-state index contributed by atoms with van der Waals surface area (Å²) in [5.41, 5.74) is 1.32. The summed E-state index contributed by atoms with van der Waals surface area (Å²) in [5, 5.41) is 0.310. The summed E-state index contributed by atoms with van der Waals surface area (Å²) in [6.07, 6.45) is 1.03. The fourth-order valence-corrected chi connectivity index (χ4v) is 3.63. The average Bonchev–Trinajstić information content (AvgIpc) is 2.72. The highest BCUT2D eigenvalue weighted by Gasteiger charge is 2.34. The lowest BCUT2D eigenvalue weighted by atomic mass is 10.0. The highest BCUT2D eigenvalue weighted by Crippen LogP contribution is 2.35. The Morgan fingerprint density at radius 2 is 2.12 bits per heavy atom. The molecule has 2 unspecified atom stereocenters. The van der Waals surface area contributed by atoms with Crippen LogP contribution in [0.4, 0.5) is 0 Å². The summed E-state index contributed by atoms with van der Waals surface area (Å²) in [6.45, 7) is 5.22. The molecule has 1 saturated heterocycles. The second kappa shape index (κ2) is 5.58. The topological polar surface area (TPSA) is 20.3 Å². The molecule has 0 bridgehead atoms. The average molecular weight is 249 g/mol. The Morgan fingerprint density at radius 3 is 2.76 bits per heavy atom. The minimum atomic E-state index is 0.296. The summed E-state index contributed by atoms with van der Waals surface area (Å²) in [6, 6.07) is 10.5. The molecule has 0 aliphatic carbocycles. The summed E-state index contributed by atoms with van der Waals surface area (Å²) in [7, 11) is 0. The SMILES string of the molecule is CCCN1C(=O)CSC1C(C)c1ccccc1. The number of carbonyl (C=O) groups excluding carboxylic acids is 1. The molecule has 1 aromatic rings. The fraction of sp³-hybridized carbons (Fsp3) is 0.500. The molecule has 0 radical (unpaired) electrons. The predicted molar refractivity (Wildman–Crippen MR) is 73.1 cm³/mol. The number of benzene rings is 1. The van der Waals surface area contributed by atoms with E-state index in [-0.39, 0.29) is 0 Å². The standard InChI is InChI=1S/C14H19NOS/c1-3-9-15-13(16)10-17-14(15)11(2)12-7-5-4-6-8-12/h4-8,11,14H,3,9-10H2,1-2H3. The van der Waals surface area contributed by atoms with Gasteiger partial charge >= 0.3 is 0 Å². The molecule has 0 spiro atoms. The molecule has 2 nitrogen and oxygen atoms in total. The lowest BCUT2D eigenvalue weighted by Crippen LogP contribution is -2.36. The molecule has 0 saturated carbocycles. The van der Waals surface area contributed by atoms with E-state index in [0.29, 0.717) is 23.0 Å². The van der Waals surface area contributed by atoms with Crippen LogP contribution in [0.2, 0.25) is 0 Å². The van der Waals surface area contributed by atoms with Crippen molar-refractivity contribution in [1.82, 2.24) is 4.90 Å². The van der Waals surface area contributed by atoms with Gasteiger partial charge in [0.05, 0.1) is 11.1 Å². The molecule has 2 rings (SSSR count). The van der Waals surface area contributed by atoms with Gasteiger partial charge in [-0.1, -0.05) is 44.2 Å². The lowest BCUT2D eigenvalue weighted by Gasteiger charge is -2.28. The first-order valence-corrected chi connectivity index (χ1v) is 7.25. The number of carbonyl (C=O) groups is 1. The Labute approximate surface area is 107 Å². The molecular weight excluding hydrogens is 230 g/mol. The third-order valence-electron chi connectivity index (χ3n) is 3.22. The van der Waals surface area contributed by atoms with Gasteiger partial charge < -0.3 is 4.90 Å². The van der Waals surface area contributed by atoms with Gasteiger partial charge in [-0.25, -0.2) is 0 Å². The summed E-state index contributed by atoms with van der Waals surface area (Å²) >= 11 is 1.78. The maximum Gasteiger partial charge on any atom is 0.233 e. The Bertz CT molecular complexity index is 379. The van der Waals surface area contributed by atoms with Crippen LogP contribution in [0.15, 0.2) is 30.3 Å². The largest absolute Gasteiger partial charge is 0.329 e. The normalized spacial score (nSPS) is 21.9. The van der Waals surface area contributed by atoms with Crippen molar-refractivity contribution in [1.29, 1.82) is 0 Å². The van der Waals surface area contributed by atoms with E-state index in [2.05, 4.69) is 38.1 Å². The first-order valence-electron chi connectivity index (χ1n) is 6.20. The van der Waals surface area contributed by atoms with Crippen LogP contribution in [-0.2, 0) is 4.79 Å². The third kappa shape index (κ3) is 2.65. The van der Waals surface area contributed by atoms with Gasteiger partial charge in [-0.05, 0) is 12.0 Å². The number of nitrogens with zero attached hydrogens (tertiary/aromatic N) is 1. The lowest BCUT2D eigenvalue weighted by molar-refractivity contribution is -0.128. The van der Waals surface area contributed by atoms with Crippen molar-refractivity contribution in [3.63, 3.8) is 0 Å². The van der Waals surface area contributed by atoms with Crippen molar-refractivity contribution in [3.8, 4) is 0 Å². The van der Waals surface area contributed by atoms with Gasteiger partial charge in [0, 0.05) is 12.5 Å². The van der Waals surface area contributed by atoms with E-state index in [1.54, 1.807) is 11.8 Å². The molecule has 3 heteroatoms. The quantitative estimate of drug-likeness (QED) is 0.817. The Morgan fingerprint density at radius 1 is 1.41 bits per heavy atom. The third-order valence-corrected chi connectivity index (χ3v) is 4.64. The van der Waals surface area contributed by atoms with E-state index in [1.165, 1.54) is 5.56 Å². The van der Waals surface area contributed by atoms with Crippen LogP contribution in [0.3, 0.4) is 0 Å². The van der Waals surface area contributed by atoms with E-state index in [4.69, 9.17) is 0 Å². The molecule has 1 aliphatic rings. The second-order valence-corrected chi connectivity index (χ2v) is 5.59. The molecule has 1 heterocycles. The van der Waals surface area contributed by atoms with Crippen LogP contribution in [0, 0.1) is 0 Å². The van der Waals surface area contributed by atoms with Gasteiger partial charge in [-0.3, -0.25) is 4.79 Å². The van der Waals surface area contributed by atoms with E-state index in [0.717, 1.165) is 13.0 Å². The van der Waals surface area contributed by atoms with Gasteiger partial charge in [0.15, 0.2) is 0 Å². The molecular formula is C14H19NOS. The molecule has 2 atom stereocenters. The zero-order valence-electron chi connectivity index (χ0n) is 10.4. The summed E-state index contributed by atoms with van der Waals surface area (Å²) in [4.78, 5) is 13.9. The molecule has 0 aromatic heterocycles. The Balaban J connectivity index is 2.14. The van der Waals surface area contributed by atoms with Crippen molar-refractivity contribution in [2.24, 2.45) is 0 Å². The maximum atomic E-state index is 11.8. The van der Waals surface area contributed by atoms with E-state index >= 15 is 0 Å². The number of amides is 1. The van der Waals surface area contributed by atoms with Crippen LogP contribution in [0.5, 0.6) is 0 Å². The zero-order valence-corrected chi connectivity index (χ0v) is 11.2. The number of hydrogen-bond donors (Lipinski definition) is 0. The second-order valence-electron chi connectivity index (χ2n) is 4.49. The van der Waals surface area contributed by atoms with Gasteiger partial charge in [-0.2, -0.15) is 0 Å². The zero-order chi connectivity index (χ0) is 12.3. The van der Waals surface area contributed by atoms with E-state index < -0.39 is 0 Å². The van der Waals surface area contributed by atoms with Gasteiger partial charge in [-0.15, -0.1) is 11.8 Å². The predicted octanol–water partition coefficient (Wildman–Crippen LogP) is 3.10. The smallest absolute Gasteiger partial charge is 0.233 e. The Hall–Kier alpha value is -0.960. The van der Waals surface area contributed by atoms with Crippen LogP contribution in [-0.4, -0.2) is 28.5 Å². The molecule has 1 aliphatic heterocycles. The van der Waals surface area contributed by atoms with Gasteiger partial charge in [0.1, 0.15) is 0 Å². The Kier molecular flexibility index (Phi) is 4.11. The van der Waals surface area contributed by atoms with Crippen molar-refractivity contribution in [2.45, 2.75) is 31.6 Å². The van der Waals surface area contributed by atoms with Crippen molar-refractivity contribution in [2.75, 3.05) is 12.3 Å². The maximum absolute atomic E-state index is 11.8. The van der Waals surface area contributed by atoms with Crippen LogP contribution in [0.1, 0.15) is 31.7 Å². The minimum absolute atomic E-state index is 0.296. The van der Waals surface area contributed by atoms with Crippen LogP contribution >= 0.6 is 11.8 Å². The molecule has 1 amide bonds. The number of thioether (sulfide) groups is 1. The van der Waals surface area contributed by atoms with Gasteiger partial charge in [0.2, 0.25) is 5.91 Å². The molecule has 1 aromatic carbocycles. The highest BCUT2D eigenvalue weighted by molar-refractivity contribution is 8.01. The van der Waals surface area contributed by atoms with Crippen LogP contribution < -0.4 is 0 Å². The van der Waals surface area contributed by atoms with Gasteiger partial charge in [0.25, 0.3) is 0 Å². The minimum Gasteiger partial charge on any atom is -0.329 e. The summed E-state index contributed by atoms with van der Waals surface area (Å²) < 4.78 is 0. The molecule has 17 heavy (non-hydrogen) atoms. The molecule has 1 fully saturated rings. The fourth-order valence-electron chi connectivity index (χ4n) is 2.30. The van der Waals surface area contributed by atoms with Crippen LogP contribution in [0.25, 0.3) is 0 Å². The van der Waals surface area contributed by atoms with E-state index in [9.17, 15) is 4.79 Å². The summed E-state index contributed by atoms with van der Waals surface area (Å²) in [5.74, 6) is 1.34. The molecule has 0 N–H and O–H groups in total.